The second kappa shape index (κ2) is 59.2. The van der Waals surface area contributed by atoms with Crippen LogP contribution in [0.5, 0.6) is 69.0 Å². The lowest BCUT2D eigenvalue weighted by Crippen LogP contribution is -2.43. The molecule has 0 amide bonds. The Kier molecular flexibility index (Phi) is 47.4. The highest BCUT2D eigenvalue weighted by atomic mass is 16.6. The molecule has 696 valence electrons. The maximum atomic E-state index is 7.26. The van der Waals surface area contributed by atoms with Crippen molar-refractivity contribution in [1.29, 1.82) is 0 Å². The minimum absolute atomic E-state index is 0.304. The highest BCUT2D eigenvalue weighted by Gasteiger charge is 2.41. The van der Waals surface area contributed by atoms with Crippen LogP contribution >= 0.6 is 0 Å². The zero-order valence-corrected chi connectivity index (χ0v) is 80.4. The van der Waals surface area contributed by atoms with Gasteiger partial charge in [-0.2, -0.15) is 0 Å². The first kappa shape index (κ1) is 100. The fourth-order valence-electron chi connectivity index (χ4n) is 18.5. The molecule has 12 heteroatoms. The number of unbranched alkanes of at least 4 members (excludes halogenated alkanes) is 48. The lowest BCUT2D eigenvalue weighted by atomic mass is 9.92. The molecule has 8 aromatic carbocycles. The van der Waals surface area contributed by atoms with E-state index in [1.54, 1.807) is 0 Å². The first-order chi connectivity index (χ1) is 61.8. The summed E-state index contributed by atoms with van der Waals surface area (Å²) in [7, 11) is 0. The zero-order valence-electron chi connectivity index (χ0n) is 80.4. The lowest BCUT2D eigenvalue weighted by molar-refractivity contribution is 0.0239. The third-order valence-electron chi connectivity index (χ3n) is 26.4. The van der Waals surface area contributed by atoms with Crippen molar-refractivity contribution in [2.45, 2.75) is 415 Å². The fourth-order valence-corrected chi connectivity index (χ4v) is 18.5. The summed E-state index contributed by atoms with van der Waals surface area (Å²) in [5.41, 5.74) is -0.709. The van der Waals surface area contributed by atoms with Crippen LogP contribution in [0.2, 0.25) is 0 Å². The van der Waals surface area contributed by atoms with Crippen molar-refractivity contribution in [3.05, 3.63) is 72.8 Å². The molecule has 0 N–H and O–H groups in total. The topological polar surface area (TPSA) is 111 Å². The van der Waals surface area contributed by atoms with E-state index in [4.69, 9.17) is 56.8 Å². The van der Waals surface area contributed by atoms with Gasteiger partial charge in [-0.1, -0.05) is 364 Å². The number of hydrogen-bond acceptors (Lipinski definition) is 12. The third-order valence-corrected chi connectivity index (χ3v) is 26.4. The summed E-state index contributed by atoms with van der Waals surface area (Å²) in [6.45, 7) is 24.5. The van der Waals surface area contributed by atoms with Gasteiger partial charge < -0.3 is 56.8 Å². The average Bonchev–Trinajstić information content (AvgIpc) is 1.59. The molecular formula is C113H172O12. The molecule has 0 aromatic heterocycles. The molecule has 0 aliphatic carbocycles. The van der Waals surface area contributed by atoms with Crippen LogP contribution < -0.4 is 56.8 Å². The van der Waals surface area contributed by atoms with Gasteiger partial charge >= 0.3 is 0 Å². The summed E-state index contributed by atoms with van der Waals surface area (Å²) in [5.74, 6) is 9.02. The van der Waals surface area contributed by atoms with E-state index in [-0.39, 0.29) is 0 Å². The highest BCUT2D eigenvalue weighted by Crippen LogP contribution is 2.52. The van der Waals surface area contributed by atoms with Gasteiger partial charge in [-0.3, -0.25) is 0 Å². The van der Waals surface area contributed by atoms with Gasteiger partial charge in [-0.25, -0.2) is 0 Å². The van der Waals surface area contributed by atoms with Gasteiger partial charge in [0.05, 0.1) is 52.9 Å². The number of hydrogen-bond donors (Lipinski definition) is 0. The van der Waals surface area contributed by atoms with E-state index >= 15 is 0 Å². The van der Waals surface area contributed by atoms with E-state index < -0.39 is 5.41 Å². The van der Waals surface area contributed by atoms with Gasteiger partial charge in [0.2, 0.25) is 0 Å². The number of ether oxygens (including phenoxy) is 12. The predicted octanol–water partition coefficient (Wildman–Crippen LogP) is 34.9. The molecule has 2 aliphatic rings. The van der Waals surface area contributed by atoms with Crippen molar-refractivity contribution in [2.24, 2.45) is 5.41 Å². The summed E-state index contributed by atoms with van der Waals surface area (Å²) < 4.78 is 84.9. The molecule has 0 fully saturated rings. The second-order valence-electron chi connectivity index (χ2n) is 37.5. The Balaban J connectivity index is 1.04. The fraction of sp³-hybridized carbons (Fsp3) is 0.681. The first-order valence-electron chi connectivity index (χ1n) is 52.4. The predicted molar refractivity (Wildman–Crippen MR) is 530 cm³/mol. The molecular weight excluding hydrogens is 1550 g/mol. The largest absolute Gasteiger partial charge is 0.490 e. The normalized spacial score (nSPS) is 13.1. The quantitative estimate of drug-likeness (QED) is 0.0267. The van der Waals surface area contributed by atoms with E-state index in [0.717, 1.165) is 213 Å². The summed E-state index contributed by atoms with van der Waals surface area (Å²) in [6, 6.07) is 27.0. The van der Waals surface area contributed by atoms with Crippen molar-refractivity contribution >= 4 is 64.6 Å². The van der Waals surface area contributed by atoms with Gasteiger partial charge in [0.25, 0.3) is 0 Å². The summed E-state index contributed by atoms with van der Waals surface area (Å²) in [6.07, 6.45) is 67.8. The van der Waals surface area contributed by atoms with Gasteiger partial charge in [0.15, 0.2) is 69.0 Å². The van der Waals surface area contributed by atoms with Crippen molar-refractivity contribution in [1.82, 2.24) is 0 Å². The first-order valence-corrected chi connectivity index (χ1v) is 52.4. The summed E-state index contributed by atoms with van der Waals surface area (Å²) in [5, 5.41) is 12.7. The standard InChI is InChI=1S/C113H172O12/c1-9-17-25-33-41-49-57-65-114-101-73-89-90-74-102(115-66-58-50-42-34-26-18-10-2)106(119-70-62-54-46-38-30-22-14-6)78-94(90)98-82-110-109(81-97(98)93(89)77-105(101)118-69-61-53-45-37-29-21-13-5)122-85-113(86-123-110)87-124-111-83-99-95-79-107(120-71-63-55-47-39-31-23-15-7)103(116-67-59-51-43-35-27-19-11-3)75-91(95)92-76-104(117-68-60-52-44-36-28-20-12-4)108(121-72-64-56-48-40-32-24-16-8)80-96(92)100(99)84-112(111)125-88-113/h73-84H,9-72,85-88H2,1-8H3. The van der Waals surface area contributed by atoms with Crippen LogP contribution in [0.3, 0.4) is 0 Å². The minimum Gasteiger partial charge on any atom is -0.490 e. The van der Waals surface area contributed by atoms with Crippen molar-refractivity contribution in [3.8, 4) is 69.0 Å². The van der Waals surface area contributed by atoms with Crippen LogP contribution in [0.1, 0.15) is 415 Å². The molecule has 2 heterocycles. The minimum atomic E-state index is -0.709. The third kappa shape index (κ3) is 32.8. The van der Waals surface area contributed by atoms with Gasteiger partial charge in [0.1, 0.15) is 31.8 Å². The molecule has 0 unspecified atom stereocenters. The number of fused-ring (bicyclic) bond motifs is 14. The molecule has 0 bridgehead atoms. The van der Waals surface area contributed by atoms with E-state index in [1.165, 1.54) is 257 Å². The van der Waals surface area contributed by atoms with Crippen LogP contribution in [0, 0.1) is 5.41 Å². The Morgan fingerprint density at radius 3 is 0.400 bits per heavy atom. The lowest BCUT2D eigenvalue weighted by Gasteiger charge is -2.27. The van der Waals surface area contributed by atoms with Gasteiger partial charge in [-0.15, -0.1) is 0 Å². The molecule has 0 atom stereocenters. The molecule has 0 saturated heterocycles. The zero-order chi connectivity index (χ0) is 87.4. The molecule has 125 heavy (non-hydrogen) atoms. The van der Waals surface area contributed by atoms with Crippen LogP contribution in [0.25, 0.3) is 64.6 Å². The molecule has 8 aromatic rings. The second-order valence-corrected chi connectivity index (χ2v) is 37.5. The Bertz CT molecular complexity index is 3770. The van der Waals surface area contributed by atoms with Crippen LogP contribution in [0.15, 0.2) is 72.8 Å². The van der Waals surface area contributed by atoms with Crippen LogP contribution in [0.4, 0.5) is 0 Å². The Morgan fingerprint density at radius 2 is 0.272 bits per heavy atom. The molecule has 2 aliphatic heterocycles. The molecule has 12 nitrogen and oxygen atoms in total. The Morgan fingerprint density at radius 1 is 0.160 bits per heavy atom. The molecule has 1 spiro atoms. The van der Waals surface area contributed by atoms with E-state index in [9.17, 15) is 0 Å². The monoisotopic (exact) mass is 1720 g/mol. The van der Waals surface area contributed by atoms with Crippen molar-refractivity contribution < 1.29 is 56.8 Å². The van der Waals surface area contributed by atoms with Crippen LogP contribution in [-0.2, 0) is 0 Å². The van der Waals surface area contributed by atoms with Gasteiger partial charge in [-0.05, 0) is 189 Å². The summed E-state index contributed by atoms with van der Waals surface area (Å²) >= 11 is 0. The van der Waals surface area contributed by atoms with E-state index in [1.807, 2.05) is 0 Å². The van der Waals surface area contributed by atoms with Crippen LogP contribution in [-0.4, -0.2) is 79.3 Å². The Hall–Kier alpha value is -7.08. The van der Waals surface area contributed by atoms with Gasteiger partial charge in [0, 0.05) is 0 Å². The summed E-state index contributed by atoms with van der Waals surface area (Å²) in [4.78, 5) is 0. The van der Waals surface area contributed by atoms with E-state index in [0.29, 0.717) is 102 Å². The Labute approximate surface area is 758 Å². The number of rotatable bonds is 72. The molecule has 0 radical (unpaired) electrons. The maximum absolute atomic E-state index is 7.26. The number of benzene rings is 8. The maximum Gasteiger partial charge on any atom is 0.161 e. The SMILES string of the molecule is CCCCCCCCCOc1cc2c3cc(OCCCCCCCCC)c(OCCCCCCCCC)cc3c3cc4c(cc3c2cc1OCCCCCCCCC)OCC1(CO4)COc2cc3c4cc(OCCCCCCCCC)c(OCCCCCCCCC)cc4c4cc(OCCCCCCCCC)c(OCCCCCCCCC)cc4c3cc2OC1. The van der Waals surface area contributed by atoms with Crippen molar-refractivity contribution in [3.63, 3.8) is 0 Å². The van der Waals surface area contributed by atoms with Crippen molar-refractivity contribution in [2.75, 3.05) is 79.3 Å². The molecule has 0 saturated carbocycles. The average molecular weight is 1720 g/mol. The highest BCUT2D eigenvalue weighted by molar-refractivity contribution is 6.28. The van der Waals surface area contributed by atoms with E-state index in [2.05, 4.69) is 128 Å². The molecule has 10 rings (SSSR count). The smallest absolute Gasteiger partial charge is 0.161 e.